The Morgan fingerprint density at radius 2 is 1.67 bits per heavy atom. The molecular formula is C21H26N2O4. The van der Waals surface area contributed by atoms with Gasteiger partial charge in [-0.1, -0.05) is 13.0 Å². The van der Waals surface area contributed by atoms with Crippen molar-refractivity contribution in [3.8, 4) is 11.5 Å². The fourth-order valence-corrected chi connectivity index (χ4v) is 2.49. The van der Waals surface area contributed by atoms with Crippen LogP contribution >= 0.6 is 0 Å². The fourth-order valence-electron chi connectivity index (χ4n) is 2.49. The van der Waals surface area contributed by atoms with Gasteiger partial charge < -0.3 is 20.1 Å². The van der Waals surface area contributed by atoms with Crippen molar-refractivity contribution in [2.24, 2.45) is 0 Å². The minimum absolute atomic E-state index is 0.0771. The summed E-state index contributed by atoms with van der Waals surface area (Å²) in [5.41, 5.74) is 2.61. The first-order valence-corrected chi connectivity index (χ1v) is 9.09. The molecule has 2 aromatic carbocycles. The van der Waals surface area contributed by atoms with Gasteiger partial charge in [-0.15, -0.1) is 0 Å². The number of hydrogen-bond acceptors (Lipinski definition) is 4. The molecule has 0 aromatic heterocycles. The van der Waals surface area contributed by atoms with Crippen LogP contribution in [-0.4, -0.2) is 25.0 Å². The zero-order chi connectivity index (χ0) is 19.8. The second kappa shape index (κ2) is 9.62. The van der Waals surface area contributed by atoms with Crippen LogP contribution in [-0.2, 0) is 4.79 Å². The van der Waals surface area contributed by atoms with E-state index in [1.54, 1.807) is 37.3 Å². The lowest BCUT2D eigenvalue weighted by Crippen LogP contribution is -2.15. The summed E-state index contributed by atoms with van der Waals surface area (Å²) in [4.78, 5) is 24.4. The van der Waals surface area contributed by atoms with Crippen LogP contribution in [0.15, 0.2) is 36.4 Å². The maximum Gasteiger partial charge on any atom is 0.259 e. The maximum absolute atomic E-state index is 12.7. The first kappa shape index (κ1) is 20.3. The number of anilines is 2. The van der Waals surface area contributed by atoms with Gasteiger partial charge in [0.2, 0.25) is 5.91 Å². The van der Waals surface area contributed by atoms with Crippen molar-refractivity contribution >= 4 is 23.2 Å². The molecule has 0 aliphatic carbocycles. The number of carbonyl (C=O) groups is 2. The van der Waals surface area contributed by atoms with Gasteiger partial charge in [0.1, 0.15) is 11.5 Å². The molecule has 0 spiro atoms. The molecule has 0 aliphatic rings. The molecule has 0 saturated carbocycles. The fraction of sp³-hybridized carbons (Fsp3) is 0.333. The van der Waals surface area contributed by atoms with Crippen LogP contribution in [0.1, 0.15) is 43.1 Å². The first-order chi connectivity index (χ1) is 13.0. The Kier molecular flexibility index (Phi) is 7.23. The van der Waals surface area contributed by atoms with E-state index in [9.17, 15) is 9.59 Å². The highest BCUT2D eigenvalue weighted by molar-refractivity contribution is 6.06. The third-order valence-electron chi connectivity index (χ3n) is 3.90. The highest BCUT2D eigenvalue weighted by atomic mass is 16.5. The van der Waals surface area contributed by atoms with Crippen LogP contribution in [0.3, 0.4) is 0 Å². The number of carbonyl (C=O) groups excluding carboxylic acids is 2. The van der Waals surface area contributed by atoms with Crippen LogP contribution in [0.4, 0.5) is 11.4 Å². The summed E-state index contributed by atoms with van der Waals surface area (Å²) in [7, 11) is 0. The lowest BCUT2D eigenvalue weighted by atomic mass is 10.1. The van der Waals surface area contributed by atoms with E-state index in [0.29, 0.717) is 48.1 Å². The Labute approximate surface area is 159 Å². The van der Waals surface area contributed by atoms with Crippen LogP contribution in [0.5, 0.6) is 11.5 Å². The summed E-state index contributed by atoms with van der Waals surface area (Å²) < 4.78 is 11.1. The van der Waals surface area contributed by atoms with Gasteiger partial charge in [-0.25, -0.2) is 0 Å². The second-order valence-electron chi connectivity index (χ2n) is 5.91. The van der Waals surface area contributed by atoms with Crippen LogP contribution in [0, 0.1) is 6.92 Å². The number of nitrogens with one attached hydrogen (secondary N) is 2. The van der Waals surface area contributed by atoms with E-state index in [2.05, 4.69) is 10.6 Å². The standard InChI is InChI=1S/C21H26N2O4/c1-5-20(24)23-18-12-15(9-8-14(18)4)22-21(25)17-11-10-16(26-6-2)13-19(17)27-7-3/h8-13H,5-7H2,1-4H3,(H,22,25)(H,23,24). The highest BCUT2D eigenvalue weighted by Crippen LogP contribution is 2.27. The molecule has 27 heavy (non-hydrogen) atoms. The number of rotatable bonds is 8. The Morgan fingerprint density at radius 1 is 0.926 bits per heavy atom. The van der Waals surface area contributed by atoms with Crippen molar-refractivity contribution in [2.45, 2.75) is 34.1 Å². The summed E-state index contributed by atoms with van der Waals surface area (Å²) in [6.07, 6.45) is 0.389. The molecule has 2 N–H and O–H groups in total. The molecule has 0 unspecified atom stereocenters. The van der Waals surface area contributed by atoms with Gasteiger partial charge in [0.25, 0.3) is 5.91 Å². The number of aryl methyl sites for hydroxylation is 1. The zero-order valence-electron chi connectivity index (χ0n) is 16.2. The predicted octanol–water partition coefficient (Wildman–Crippen LogP) is 4.39. The van der Waals surface area contributed by atoms with Crippen LogP contribution < -0.4 is 20.1 Å². The Hall–Kier alpha value is -3.02. The largest absolute Gasteiger partial charge is 0.494 e. The van der Waals surface area contributed by atoms with Crippen molar-refractivity contribution in [2.75, 3.05) is 23.8 Å². The molecule has 0 atom stereocenters. The molecule has 2 aromatic rings. The van der Waals surface area contributed by atoms with Crippen molar-refractivity contribution in [3.63, 3.8) is 0 Å². The summed E-state index contributed by atoms with van der Waals surface area (Å²) in [6, 6.07) is 10.5. The van der Waals surface area contributed by atoms with Gasteiger partial charge in [-0.2, -0.15) is 0 Å². The minimum Gasteiger partial charge on any atom is -0.494 e. The Morgan fingerprint density at radius 3 is 2.33 bits per heavy atom. The van der Waals surface area contributed by atoms with E-state index in [1.807, 2.05) is 26.8 Å². The van der Waals surface area contributed by atoms with Crippen molar-refractivity contribution in [1.82, 2.24) is 0 Å². The topological polar surface area (TPSA) is 76.7 Å². The average Bonchev–Trinajstić information content (AvgIpc) is 2.65. The molecule has 6 heteroatoms. The summed E-state index contributed by atoms with van der Waals surface area (Å²) >= 11 is 0. The number of ether oxygens (including phenoxy) is 2. The van der Waals surface area contributed by atoms with Gasteiger partial charge in [-0.3, -0.25) is 9.59 Å². The van der Waals surface area contributed by atoms with Gasteiger partial charge in [0.05, 0.1) is 18.8 Å². The van der Waals surface area contributed by atoms with Crippen molar-refractivity contribution < 1.29 is 19.1 Å². The van der Waals surface area contributed by atoms with Crippen LogP contribution in [0.2, 0.25) is 0 Å². The van der Waals surface area contributed by atoms with Crippen molar-refractivity contribution in [3.05, 3.63) is 47.5 Å². The average molecular weight is 370 g/mol. The first-order valence-electron chi connectivity index (χ1n) is 9.09. The number of amides is 2. The second-order valence-corrected chi connectivity index (χ2v) is 5.91. The highest BCUT2D eigenvalue weighted by Gasteiger charge is 2.15. The van der Waals surface area contributed by atoms with E-state index in [0.717, 1.165) is 5.56 Å². The summed E-state index contributed by atoms with van der Waals surface area (Å²) in [5.74, 6) is 0.745. The Bertz CT molecular complexity index is 818. The molecule has 2 rings (SSSR count). The molecule has 0 bridgehead atoms. The molecule has 0 fully saturated rings. The van der Waals surface area contributed by atoms with Gasteiger partial charge in [0, 0.05) is 23.9 Å². The SMILES string of the molecule is CCOc1ccc(C(=O)Nc2ccc(C)c(NC(=O)CC)c2)c(OCC)c1. The summed E-state index contributed by atoms with van der Waals surface area (Å²) in [5, 5.41) is 5.69. The third kappa shape index (κ3) is 5.48. The number of hydrogen-bond donors (Lipinski definition) is 2. The normalized spacial score (nSPS) is 10.2. The smallest absolute Gasteiger partial charge is 0.259 e. The third-order valence-corrected chi connectivity index (χ3v) is 3.90. The molecule has 6 nitrogen and oxygen atoms in total. The number of benzene rings is 2. The predicted molar refractivity (Wildman–Crippen MR) is 107 cm³/mol. The van der Waals surface area contributed by atoms with Gasteiger partial charge in [-0.05, 0) is 50.6 Å². The monoisotopic (exact) mass is 370 g/mol. The molecule has 0 radical (unpaired) electrons. The Balaban J connectivity index is 2.24. The van der Waals surface area contributed by atoms with E-state index in [-0.39, 0.29) is 11.8 Å². The molecule has 144 valence electrons. The molecule has 0 heterocycles. The maximum atomic E-state index is 12.7. The molecular weight excluding hydrogens is 344 g/mol. The van der Waals surface area contributed by atoms with Gasteiger partial charge in [0.15, 0.2) is 0 Å². The van der Waals surface area contributed by atoms with Gasteiger partial charge >= 0.3 is 0 Å². The lowest BCUT2D eigenvalue weighted by molar-refractivity contribution is -0.115. The lowest BCUT2D eigenvalue weighted by Gasteiger charge is -2.14. The van der Waals surface area contributed by atoms with E-state index < -0.39 is 0 Å². The minimum atomic E-state index is -0.293. The molecule has 0 saturated heterocycles. The van der Waals surface area contributed by atoms with E-state index in [4.69, 9.17) is 9.47 Å². The summed E-state index contributed by atoms with van der Waals surface area (Å²) in [6.45, 7) is 8.42. The molecule has 0 aliphatic heterocycles. The van der Waals surface area contributed by atoms with Crippen LogP contribution in [0.25, 0.3) is 0 Å². The quantitative estimate of drug-likeness (QED) is 0.722. The van der Waals surface area contributed by atoms with E-state index in [1.165, 1.54) is 0 Å². The van der Waals surface area contributed by atoms with Crippen molar-refractivity contribution in [1.29, 1.82) is 0 Å². The molecule has 2 amide bonds. The zero-order valence-corrected chi connectivity index (χ0v) is 16.2. The van der Waals surface area contributed by atoms with E-state index >= 15 is 0 Å².